The summed E-state index contributed by atoms with van der Waals surface area (Å²) in [5.41, 5.74) is -0.530. The number of aliphatic hydroxyl groups excluding tert-OH is 2. The van der Waals surface area contributed by atoms with Crippen LogP contribution in [0.4, 0.5) is 0 Å². The number of rotatable bonds is 7. The average molecular weight is 589 g/mol. The number of hydrogen-bond acceptors (Lipinski definition) is 10. The van der Waals surface area contributed by atoms with Gasteiger partial charge < -0.3 is 25.3 Å². The molecule has 0 spiro atoms. The Balaban J connectivity index is 1.64. The van der Waals surface area contributed by atoms with E-state index in [1.165, 1.54) is 11.0 Å². The van der Waals surface area contributed by atoms with Crippen molar-refractivity contribution >= 4 is 28.9 Å². The molecule has 0 aromatic heterocycles. The summed E-state index contributed by atoms with van der Waals surface area (Å²) in [5.74, 6) is -5.94. The molecule has 0 heterocycles. The van der Waals surface area contributed by atoms with Crippen LogP contribution in [0.3, 0.4) is 0 Å². The maximum absolute atomic E-state index is 14.1. The zero-order chi connectivity index (χ0) is 31.5. The molecule has 3 aliphatic carbocycles. The quantitative estimate of drug-likeness (QED) is 0.354. The number of carbonyl (C=O) groups excluding carboxylic acids is 4. The van der Waals surface area contributed by atoms with Gasteiger partial charge in [0, 0.05) is 17.9 Å². The van der Waals surface area contributed by atoms with Crippen molar-refractivity contribution in [1.82, 2.24) is 9.80 Å². The van der Waals surface area contributed by atoms with Crippen molar-refractivity contribution in [3.63, 3.8) is 0 Å². The summed E-state index contributed by atoms with van der Waals surface area (Å²) in [5, 5.41) is 45.3. The van der Waals surface area contributed by atoms with Gasteiger partial charge in [-0.05, 0) is 82.2 Å². The Labute approximate surface area is 249 Å². The maximum atomic E-state index is 14.1. The summed E-state index contributed by atoms with van der Waals surface area (Å²) in [6, 6.07) is 9.49. The van der Waals surface area contributed by atoms with Gasteiger partial charge in [-0.3, -0.25) is 24.1 Å². The molecule has 5 rings (SSSR count). The van der Waals surface area contributed by atoms with Crippen LogP contribution in [0, 0.1) is 11.8 Å². The Morgan fingerprint density at radius 2 is 1.72 bits per heavy atom. The minimum Gasteiger partial charge on any atom is -0.508 e. The number of likely N-dealkylation sites (N-methyl/N-ethyl adjacent to an activating group) is 2. The van der Waals surface area contributed by atoms with Gasteiger partial charge in [0.05, 0.1) is 18.2 Å². The minimum atomic E-state index is -2.61. The SMILES string of the molecule is CC(=O)C1=C(O)[C@@]2(O)C(=O)C3=C(O)c4c(O)ccc(-c5cccc(CC(=O)CN(C)C)c5)c4C[C@H]3C[C@H]2[C@H](N(C)C)C1=O. The number of Topliss-reactive ketones (excluding diaryl/α,β-unsaturated/α-hetero) is 4. The van der Waals surface area contributed by atoms with E-state index < -0.39 is 57.9 Å². The molecule has 1 saturated carbocycles. The van der Waals surface area contributed by atoms with E-state index in [9.17, 15) is 39.6 Å². The number of aromatic hydroxyl groups is 1. The normalized spacial score (nSPS) is 25.2. The highest BCUT2D eigenvalue weighted by Gasteiger charge is 2.64. The van der Waals surface area contributed by atoms with Crippen molar-refractivity contribution in [3.05, 3.63) is 70.0 Å². The number of benzene rings is 2. The van der Waals surface area contributed by atoms with Crippen LogP contribution in [0.25, 0.3) is 16.9 Å². The fourth-order valence-electron chi connectivity index (χ4n) is 7.10. The first-order valence-corrected chi connectivity index (χ1v) is 14.1. The van der Waals surface area contributed by atoms with E-state index in [2.05, 4.69) is 0 Å². The fraction of sp³-hybridized carbons (Fsp3) is 0.394. The molecule has 4 atom stereocenters. The maximum Gasteiger partial charge on any atom is 0.202 e. The van der Waals surface area contributed by atoms with Crippen molar-refractivity contribution in [3.8, 4) is 16.9 Å². The molecular weight excluding hydrogens is 552 g/mol. The largest absolute Gasteiger partial charge is 0.508 e. The number of phenols is 1. The van der Waals surface area contributed by atoms with Crippen molar-refractivity contribution < 1.29 is 39.6 Å². The van der Waals surface area contributed by atoms with Crippen LogP contribution in [-0.2, 0) is 32.0 Å². The van der Waals surface area contributed by atoms with Crippen molar-refractivity contribution in [1.29, 1.82) is 0 Å². The lowest BCUT2D eigenvalue weighted by Gasteiger charge is -2.50. The average Bonchev–Trinajstić information content (AvgIpc) is 2.90. The van der Waals surface area contributed by atoms with Gasteiger partial charge in [-0.2, -0.15) is 0 Å². The van der Waals surface area contributed by atoms with Gasteiger partial charge in [0.25, 0.3) is 0 Å². The molecule has 0 aliphatic heterocycles. The molecule has 0 unspecified atom stereocenters. The topological polar surface area (TPSA) is 156 Å². The Bertz CT molecular complexity index is 1640. The summed E-state index contributed by atoms with van der Waals surface area (Å²) < 4.78 is 0. The Morgan fingerprint density at radius 3 is 2.35 bits per heavy atom. The molecule has 0 bridgehead atoms. The third kappa shape index (κ3) is 4.79. The highest BCUT2D eigenvalue weighted by molar-refractivity contribution is 6.25. The predicted molar refractivity (Wildman–Crippen MR) is 158 cm³/mol. The van der Waals surface area contributed by atoms with E-state index in [0.29, 0.717) is 17.7 Å². The van der Waals surface area contributed by atoms with E-state index in [1.807, 2.05) is 38.4 Å². The monoisotopic (exact) mass is 588 g/mol. The first-order valence-electron chi connectivity index (χ1n) is 14.1. The molecule has 0 amide bonds. The molecule has 2 aromatic rings. The van der Waals surface area contributed by atoms with Gasteiger partial charge >= 0.3 is 0 Å². The number of aliphatic hydroxyl groups is 3. The van der Waals surface area contributed by atoms with E-state index >= 15 is 0 Å². The highest BCUT2D eigenvalue weighted by atomic mass is 16.3. The van der Waals surface area contributed by atoms with Crippen molar-refractivity contribution in [2.24, 2.45) is 11.8 Å². The molecule has 2 aromatic carbocycles. The Hall–Kier alpha value is -4.12. The number of fused-ring (bicyclic) bond motifs is 3. The van der Waals surface area contributed by atoms with Crippen LogP contribution in [-0.4, -0.2) is 99.7 Å². The predicted octanol–water partition coefficient (Wildman–Crippen LogP) is 2.41. The lowest BCUT2D eigenvalue weighted by atomic mass is 9.57. The second kappa shape index (κ2) is 10.9. The van der Waals surface area contributed by atoms with Crippen LogP contribution in [0.1, 0.15) is 30.0 Å². The number of nitrogens with zero attached hydrogens (tertiary/aromatic N) is 2. The van der Waals surface area contributed by atoms with E-state index in [-0.39, 0.29) is 41.9 Å². The summed E-state index contributed by atoms with van der Waals surface area (Å²) in [6.07, 6.45) is 0.468. The smallest absolute Gasteiger partial charge is 0.202 e. The molecule has 226 valence electrons. The molecule has 10 nitrogen and oxygen atoms in total. The van der Waals surface area contributed by atoms with Crippen LogP contribution >= 0.6 is 0 Å². The van der Waals surface area contributed by atoms with Crippen LogP contribution in [0.2, 0.25) is 0 Å². The molecule has 1 fully saturated rings. The van der Waals surface area contributed by atoms with Crippen molar-refractivity contribution in [2.45, 2.75) is 37.8 Å². The molecule has 3 aliphatic rings. The fourth-order valence-corrected chi connectivity index (χ4v) is 7.10. The second-order valence-electron chi connectivity index (χ2n) is 12.3. The van der Waals surface area contributed by atoms with Crippen LogP contribution < -0.4 is 0 Å². The third-order valence-corrected chi connectivity index (χ3v) is 8.84. The molecule has 0 radical (unpaired) electrons. The van der Waals surface area contributed by atoms with E-state index in [1.54, 1.807) is 25.1 Å². The molecule has 4 N–H and O–H groups in total. The molecule has 0 saturated heterocycles. The second-order valence-corrected chi connectivity index (χ2v) is 12.3. The standard InChI is InChI=1S/C33H36N2O8/c1-16(36)25-30(40)28(35(4)5)23-14-19-13-22-21(18-8-6-7-17(11-18)12-20(37)15-34(2)3)9-10-24(38)27(22)29(39)26(19)32(42)33(23,43)31(25)41/h6-11,19,23,28,38-39,41,43H,12-15H2,1-5H3/t19-,23-,28-,33+/m0/s1. The molecular formula is C33H36N2O8. The number of phenolic OH excluding ortho intramolecular Hbond substituents is 1. The van der Waals surface area contributed by atoms with E-state index in [4.69, 9.17) is 0 Å². The molecule has 10 heteroatoms. The number of hydrogen-bond donors (Lipinski definition) is 4. The number of ketones is 4. The lowest BCUT2D eigenvalue weighted by molar-refractivity contribution is -0.153. The zero-order valence-corrected chi connectivity index (χ0v) is 24.8. The van der Waals surface area contributed by atoms with Gasteiger partial charge in [0.1, 0.15) is 22.8 Å². The summed E-state index contributed by atoms with van der Waals surface area (Å²) in [7, 11) is 6.84. The number of carbonyl (C=O) groups is 4. The summed E-state index contributed by atoms with van der Waals surface area (Å²) >= 11 is 0. The summed E-state index contributed by atoms with van der Waals surface area (Å²) in [6.45, 7) is 1.38. The van der Waals surface area contributed by atoms with Crippen molar-refractivity contribution in [2.75, 3.05) is 34.7 Å². The first kappa shape index (κ1) is 30.3. The van der Waals surface area contributed by atoms with Gasteiger partial charge in [0.2, 0.25) is 5.78 Å². The van der Waals surface area contributed by atoms with Crippen LogP contribution in [0.15, 0.2) is 53.3 Å². The van der Waals surface area contributed by atoms with E-state index in [0.717, 1.165) is 18.1 Å². The third-order valence-electron chi connectivity index (χ3n) is 8.84. The van der Waals surface area contributed by atoms with Crippen LogP contribution in [0.5, 0.6) is 5.75 Å². The van der Waals surface area contributed by atoms with Gasteiger partial charge in [-0.1, -0.05) is 30.3 Å². The lowest BCUT2D eigenvalue weighted by Crippen LogP contribution is -2.65. The van der Waals surface area contributed by atoms with Gasteiger partial charge in [-0.15, -0.1) is 0 Å². The minimum absolute atomic E-state index is 0.0408. The molecule has 43 heavy (non-hydrogen) atoms. The van der Waals surface area contributed by atoms with Gasteiger partial charge in [0.15, 0.2) is 23.0 Å². The zero-order valence-electron chi connectivity index (χ0n) is 24.8. The summed E-state index contributed by atoms with van der Waals surface area (Å²) in [4.78, 5) is 55.6. The Kier molecular flexibility index (Phi) is 7.66. The highest BCUT2D eigenvalue weighted by Crippen LogP contribution is 2.53. The Morgan fingerprint density at radius 1 is 1.02 bits per heavy atom. The first-order chi connectivity index (χ1) is 20.2. The van der Waals surface area contributed by atoms with Gasteiger partial charge in [-0.25, -0.2) is 0 Å².